The van der Waals surface area contributed by atoms with Crippen LogP contribution in [-0.4, -0.2) is 35.9 Å². The average Bonchev–Trinajstić information content (AvgIpc) is 2.83. The van der Waals surface area contributed by atoms with Crippen molar-refractivity contribution in [1.82, 2.24) is 20.7 Å². The second-order valence-corrected chi connectivity index (χ2v) is 6.26. The Morgan fingerprint density at radius 3 is 2.08 bits per heavy atom. The Labute approximate surface area is 146 Å². The summed E-state index contributed by atoms with van der Waals surface area (Å²) in [6.07, 6.45) is 0. The maximum absolute atomic E-state index is 13.0. The predicted molar refractivity (Wildman–Crippen MR) is 95.1 cm³/mol. The average molecular weight is 336 g/mol. The monoisotopic (exact) mass is 336 g/mol. The van der Waals surface area contributed by atoms with Crippen LogP contribution in [0.4, 0.5) is 4.79 Å². The number of aliphatic imine (C=N–C) groups is 1. The van der Waals surface area contributed by atoms with Gasteiger partial charge in [-0.2, -0.15) is 0 Å². The fourth-order valence-corrected chi connectivity index (χ4v) is 3.95. The molecule has 0 unspecified atom stereocenters. The molecule has 1 saturated heterocycles. The molecule has 0 spiro atoms. The van der Waals surface area contributed by atoms with Crippen molar-refractivity contribution in [2.75, 3.05) is 14.1 Å². The van der Waals surface area contributed by atoms with Gasteiger partial charge in [-0.25, -0.2) is 15.2 Å². The molecule has 0 saturated carbocycles. The highest BCUT2D eigenvalue weighted by atomic mass is 16.2. The number of benzene rings is 2. The van der Waals surface area contributed by atoms with E-state index in [0.29, 0.717) is 0 Å². The Kier molecular flexibility index (Phi) is 3.23. The van der Waals surface area contributed by atoms with Gasteiger partial charge in [-0.05, 0) is 5.56 Å². The third-order valence-corrected chi connectivity index (χ3v) is 5.09. The smallest absolute Gasteiger partial charge is 0.323 e. The van der Waals surface area contributed by atoms with Gasteiger partial charge in [0.2, 0.25) is 11.6 Å². The van der Waals surface area contributed by atoms with Gasteiger partial charge in [0, 0.05) is 19.7 Å². The topological polar surface area (TPSA) is 86.0 Å². The lowest BCUT2D eigenvalue weighted by atomic mass is 9.80. The van der Waals surface area contributed by atoms with Gasteiger partial charge in [0.1, 0.15) is 0 Å². The van der Waals surface area contributed by atoms with Crippen molar-refractivity contribution in [2.45, 2.75) is 11.3 Å². The molecule has 0 aromatic heterocycles. The van der Waals surface area contributed by atoms with E-state index in [1.165, 1.54) is 0 Å². The van der Waals surface area contributed by atoms with E-state index in [2.05, 4.69) is 10.9 Å². The first kappa shape index (κ1) is 15.5. The minimum absolute atomic E-state index is 0.152. The van der Waals surface area contributed by atoms with E-state index in [1.54, 1.807) is 23.9 Å². The highest BCUT2D eigenvalue weighted by molar-refractivity contribution is 5.85. The van der Waals surface area contributed by atoms with Crippen molar-refractivity contribution in [3.63, 3.8) is 0 Å². The number of nitrogens with one attached hydrogen (secondary N) is 2. The quantitative estimate of drug-likeness (QED) is 0.767. The van der Waals surface area contributed by atoms with E-state index in [1.807, 2.05) is 60.7 Å². The number of nitrogens with zero attached hydrogens (tertiary/aromatic N) is 3. The van der Waals surface area contributed by atoms with Crippen molar-refractivity contribution in [2.24, 2.45) is 10.7 Å². The summed E-state index contributed by atoms with van der Waals surface area (Å²) in [5.41, 5.74) is 12.0. The molecule has 2 heterocycles. The molecular formula is C18H20N6O. The normalized spacial score (nSPS) is 28.4. The number of carbonyl (C=O) groups excluding carboxylic acids is 1. The molecule has 0 bridgehead atoms. The highest BCUT2D eigenvalue weighted by Gasteiger charge is 2.69. The summed E-state index contributed by atoms with van der Waals surface area (Å²) in [6, 6.07) is 19.4. The molecule has 2 atom stereocenters. The molecule has 2 aliphatic rings. The van der Waals surface area contributed by atoms with Gasteiger partial charge in [0.25, 0.3) is 0 Å². The van der Waals surface area contributed by atoms with E-state index in [9.17, 15) is 4.79 Å². The maximum Gasteiger partial charge on any atom is 0.323 e. The Bertz CT molecular complexity index is 839. The second kappa shape index (κ2) is 5.22. The summed E-state index contributed by atoms with van der Waals surface area (Å²) >= 11 is 0. The summed E-state index contributed by atoms with van der Waals surface area (Å²) in [7, 11) is 3.52. The number of hydrogen-bond acceptors (Lipinski definition) is 5. The molecule has 2 amide bonds. The Hall–Kier alpha value is -3.06. The van der Waals surface area contributed by atoms with Crippen LogP contribution in [0.15, 0.2) is 65.7 Å². The summed E-state index contributed by atoms with van der Waals surface area (Å²) in [4.78, 5) is 21.1. The van der Waals surface area contributed by atoms with Gasteiger partial charge in [-0.1, -0.05) is 60.7 Å². The van der Waals surface area contributed by atoms with Crippen molar-refractivity contribution < 1.29 is 4.79 Å². The first-order valence-corrected chi connectivity index (χ1v) is 8.05. The Morgan fingerprint density at radius 1 is 0.920 bits per heavy atom. The molecule has 128 valence electrons. The van der Waals surface area contributed by atoms with Crippen molar-refractivity contribution in [3.8, 4) is 0 Å². The lowest BCUT2D eigenvalue weighted by molar-refractivity contribution is 0.0162. The van der Waals surface area contributed by atoms with Crippen molar-refractivity contribution in [3.05, 3.63) is 71.8 Å². The largest absolute Gasteiger partial charge is 0.369 e. The minimum Gasteiger partial charge on any atom is -0.369 e. The van der Waals surface area contributed by atoms with Crippen LogP contribution in [0.1, 0.15) is 11.1 Å². The van der Waals surface area contributed by atoms with Crippen molar-refractivity contribution in [1.29, 1.82) is 0 Å². The molecule has 1 fully saturated rings. The molecule has 7 nitrogen and oxygen atoms in total. The van der Waals surface area contributed by atoms with Crippen LogP contribution >= 0.6 is 0 Å². The number of rotatable bonds is 2. The first-order chi connectivity index (χ1) is 12.0. The number of hydrogen-bond donors (Lipinski definition) is 3. The molecule has 0 radical (unpaired) electrons. The second-order valence-electron chi connectivity index (χ2n) is 6.26. The van der Waals surface area contributed by atoms with Crippen LogP contribution in [0.3, 0.4) is 0 Å². The molecule has 4 N–H and O–H groups in total. The van der Waals surface area contributed by atoms with Crippen LogP contribution in [0.5, 0.6) is 0 Å². The number of fused-ring (bicyclic) bond motifs is 1. The number of carbonyl (C=O) groups is 1. The molecule has 4 rings (SSSR count). The zero-order valence-corrected chi connectivity index (χ0v) is 14.1. The van der Waals surface area contributed by atoms with Crippen LogP contribution in [0.2, 0.25) is 0 Å². The van der Waals surface area contributed by atoms with E-state index < -0.39 is 11.3 Å². The van der Waals surface area contributed by atoms with Crippen LogP contribution in [0, 0.1) is 0 Å². The third kappa shape index (κ3) is 1.78. The summed E-state index contributed by atoms with van der Waals surface area (Å²) in [5.74, 6) is 0.227. The SMILES string of the molecule is CN1C(=O)N(C)[C@]2(c3ccccc3)N=C(N)NN[C@]12c1ccccc1. The maximum atomic E-state index is 13.0. The predicted octanol–water partition coefficient (Wildman–Crippen LogP) is 1.11. The van der Waals surface area contributed by atoms with Crippen molar-refractivity contribution >= 4 is 12.0 Å². The summed E-state index contributed by atoms with van der Waals surface area (Å²) in [5, 5.41) is 0. The molecule has 25 heavy (non-hydrogen) atoms. The van der Waals surface area contributed by atoms with Gasteiger partial charge in [-0.3, -0.25) is 15.2 Å². The number of guanidine groups is 1. The van der Waals surface area contributed by atoms with Gasteiger partial charge >= 0.3 is 6.03 Å². The van der Waals surface area contributed by atoms with E-state index >= 15 is 0 Å². The Morgan fingerprint density at radius 2 is 1.48 bits per heavy atom. The molecule has 0 aliphatic carbocycles. The van der Waals surface area contributed by atoms with E-state index in [-0.39, 0.29) is 12.0 Å². The standard InChI is InChI=1S/C18H20N6O/c1-23-16(25)24(2)18(14-11-7-4-8-12-14)17(23,20-15(19)21-22-18)13-9-5-3-6-10-13/h3-12,22H,1-2H3,(H3,19,20,21)/t17-,18+/m0/s1. The third-order valence-electron chi connectivity index (χ3n) is 5.09. The number of urea groups is 1. The fourth-order valence-electron chi connectivity index (χ4n) is 3.95. The van der Waals surface area contributed by atoms with E-state index in [0.717, 1.165) is 11.1 Å². The lowest BCUT2D eigenvalue weighted by Crippen LogP contribution is -2.71. The number of likely N-dealkylation sites (N-methyl/N-ethyl adjacent to an activating group) is 2. The van der Waals surface area contributed by atoms with E-state index in [4.69, 9.17) is 10.7 Å². The lowest BCUT2D eigenvalue weighted by Gasteiger charge is -2.49. The molecule has 2 aliphatic heterocycles. The summed E-state index contributed by atoms with van der Waals surface area (Å²) in [6.45, 7) is 0. The van der Waals surface area contributed by atoms with Gasteiger partial charge < -0.3 is 5.73 Å². The zero-order chi connectivity index (χ0) is 17.7. The number of hydrazine groups is 1. The van der Waals surface area contributed by atoms with Gasteiger partial charge in [-0.15, -0.1) is 0 Å². The van der Waals surface area contributed by atoms with Crippen LogP contribution in [-0.2, 0) is 11.3 Å². The van der Waals surface area contributed by atoms with Crippen LogP contribution in [0.25, 0.3) is 0 Å². The highest BCUT2D eigenvalue weighted by Crippen LogP contribution is 2.53. The molecule has 2 aromatic carbocycles. The number of nitrogens with two attached hydrogens (primary N) is 1. The Balaban J connectivity index is 2.10. The van der Waals surface area contributed by atoms with Gasteiger partial charge in [0.15, 0.2) is 5.66 Å². The fraction of sp³-hybridized carbons (Fsp3) is 0.222. The molecule has 2 aromatic rings. The summed E-state index contributed by atoms with van der Waals surface area (Å²) < 4.78 is 0. The molecule has 7 heteroatoms. The number of amides is 2. The zero-order valence-electron chi connectivity index (χ0n) is 14.1. The minimum atomic E-state index is -1.04. The first-order valence-electron chi connectivity index (χ1n) is 8.05. The molecular weight excluding hydrogens is 316 g/mol. The van der Waals surface area contributed by atoms with Crippen LogP contribution < -0.4 is 16.6 Å². The van der Waals surface area contributed by atoms with Gasteiger partial charge in [0.05, 0.1) is 0 Å².